The van der Waals surface area contributed by atoms with Gasteiger partial charge in [0.05, 0.1) is 0 Å². The maximum atomic E-state index is 13.5. The van der Waals surface area contributed by atoms with Crippen molar-refractivity contribution < 1.29 is 27.6 Å². The lowest BCUT2D eigenvalue weighted by molar-refractivity contribution is -0.117. The number of amides is 1. The number of fused-ring (bicyclic) bond motifs is 1. The third kappa shape index (κ3) is 2.75. The number of hydrogen-bond donors (Lipinski definition) is 0. The second-order valence-electron chi connectivity index (χ2n) is 6.53. The van der Waals surface area contributed by atoms with Gasteiger partial charge in [-0.1, -0.05) is 5.16 Å². The first-order valence-corrected chi connectivity index (χ1v) is 8.57. The molecule has 0 radical (unpaired) electrons. The van der Waals surface area contributed by atoms with Crippen LogP contribution in [-0.4, -0.2) is 29.4 Å². The Hall–Kier alpha value is -3.49. The Morgan fingerprint density at radius 1 is 1.04 bits per heavy atom. The molecule has 28 heavy (non-hydrogen) atoms. The van der Waals surface area contributed by atoms with Crippen LogP contribution in [0, 0.1) is 11.6 Å². The van der Waals surface area contributed by atoms with Crippen LogP contribution in [0.3, 0.4) is 0 Å². The number of halogens is 2. The van der Waals surface area contributed by atoms with E-state index in [-0.39, 0.29) is 31.6 Å². The summed E-state index contributed by atoms with van der Waals surface area (Å²) in [5, 5.41) is 3.99. The van der Waals surface area contributed by atoms with Gasteiger partial charge in [-0.25, -0.2) is 8.78 Å². The summed E-state index contributed by atoms with van der Waals surface area (Å²) < 4.78 is 42.6. The molecule has 7 nitrogen and oxygen atoms in total. The van der Waals surface area contributed by atoms with E-state index in [1.807, 2.05) is 0 Å². The zero-order valence-electron chi connectivity index (χ0n) is 14.4. The van der Waals surface area contributed by atoms with E-state index in [2.05, 4.69) is 10.1 Å². The van der Waals surface area contributed by atoms with E-state index in [4.69, 9.17) is 14.0 Å². The highest BCUT2D eigenvalue weighted by Gasteiger charge is 2.35. The number of ether oxygens (including phenoxy) is 2. The van der Waals surface area contributed by atoms with Crippen molar-refractivity contribution in [3.05, 3.63) is 53.9 Å². The molecule has 142 valence electrons. The van der Waals surface area contributed by atoms with E-state index in [1.54, 1.807) is 18.2 Å². The normalized spacial score (nSPS) is 18.1. The summed E-state index contributed by atoms with van der Waals surface area (Å²) in [6.07, 6.45) is 0.152. The van der Waals surface area contributed by atoms with Crippen LogP contribution in [0.2, 0.25) is 0 Å². The second-order valence-corrected chi connectivity index (χ2v) is 6.53. The minimum atomic E-state index is -1.00. The molecular weight excluding hydrogens is 372 g/mol. The zero-order valence-corrected chi connectivity index (χ0v) is 14.4. The van der Waals surface area contributed by atoms with Gasteiger partial charge in [-0.05, 0) is 30.3 Å². The number of hydrogen-bond acceptors (Lipinski definition) is 6. The average molecular weight is 385 g/mol. The zero-order chi connectivity index (χ0) is 19.3. The monoisotopic (exact) mass is 385 g/mol. The van der Waals surface area contributed by atoms with E-state index >= 15 is 0 Å². The molecule has 0 aliphatic carbocycles. The smallest absolute Gasteiger partial charge is 0.258 e. The molecule has 0 N–H and O–H groups in total. The average Bonchev–Trinajstić information content (AvgIpc) is 3.42. The van der Waals surface area contributed by atoms with Gasteiger partial charge in [0, 0.05) is 36.2 Å². The van der Waals surface area contributed by atoms with Gasteiger partial charge < -0.3 is 18.9 Å². The first-order chi connectivity index (χ1) is 13.6. The Kier molecular flexibility index (Phi) is 3.75. The van der Waals surface area contributed by atoms with E-state index in [9.17, 15) is 13.6 Å². The Balaban J connectivity index is 1.37. The number of rotatable bonds is 3. The molecule has 0 saturated carbocycles. The summed E-state index contributed by atoms with van der Waals surface area (Å²) >= 11 is 0. The summed E-state index contributed by atoms with van der Waals surface area (Å²) in [5.41, 5.74) is 0.968. The molecule has 1 aromatic heterocycles. The van der Waals surface area contributed by atoms with Crippen LogP contribution in [0.1, 0.15) is 18.2 Å². The number of carbonyl (C=O) groups is 1. The topological polar surface area (TPSA) is 77.7 Å². The third-order valence-electron chi connectivity index (χ3n) is 4.77. The molecular formula is C19H13F2N3O4. The van der Waals surface area contributed by atoms with Crippen molar-refractivity contribution in [1.82, 2.24) is 10.1 Å². The molecule has 2 aromatic carbocycles. The van der Waals surface area contributed by atoms with E-state index in [1.165, 1.54) is 11.0 Å². The first-order valence-electron chi connectivity index (χ1n) is 8.57. The van der Waals surface area contributed by atoms with Crippen molar-refractivity contribution in [1.29, 1.82) is 0 Å². The molecule has 1 fully saturated rings. The maximum Gasteiger partial charge on any atom is 0.258 e. The molecule has 1 saturated heterocycles. The highest BCUT2D eigenvalue weighted by Crippen LogP contribution is 2.36. The first kappa shape index (κ1) is 16.7. The lowest BCUT2D eigenvalue weighted by atomic mass is 10.1. The van der Waals surface area contributed by atoms with Crippen LogP contribution >= 0.6 is 0 Å². The van der Waals surface area contributed by atoms with Crippen LogP contribution in [0.5, 0.6) is 11.5 Å². The molecule has 0 spiro atoms. The van der Waals surface area contributed by atoms with Gasteiger partial charge in [0.25, 0.3) is 5.89 Å². The summed E-state index contributed by atoms with van der Waals surface area (Å²) in [4.78, 5) is 18.1. The predicted octanol–water partition coefficient (Wildman–Crippen LogP) is 3.26. The molecule has 2 aliphatic heterocycles. The summed E-state index contributed by atoms with van der Waals surface area (Å²) in [5.74, 6) is -0.572. The lowest BCUT2D eigenvalue weighted by Crippen LogP contribution is -2.24. The third-order valence-corrected chi connectivity index (χ3v) is 4.77. The van der Waals surface area contributed by atoms with E-state index in [0.29, 0.717) is 34.5 Å². The SMILES string of the molecule is O=C1CC(c2noc(-c3ccc4c(c3)OCO4)n2)CN1c1ccc(F)c(F)c1. The molecule has 0 bridgehead atoms. The Morgan fingerprint density at radius 2 is 1.89 bits per heavy atom. The molecule has 1 atom stereocenters. The largest absolute Gasteiger partial charge is 0.454 e. The van der Waals surface area contributed by atoms with Gasteiger partial charge >= 0.3 is 0 Å². The van der Waals surface area contributed by atoms with Gasteiger partial charge in [0.15, 0.2) is 29.0 Å². The molecule has 5 rings (SSSR count). The Labute approximate surface area is 157 Å². The van der Waals surface area contributed by atoms with Crippen molar-refractivity contribution in [3.8, 4) is 23.0 Å². The van der Waals surface area contributed by atoms with Gasteiger partial charge in [-0.15, -0.1) is 0 Å². The molecule has 1 amide bonds. The van der Waals surface area contributed by atoms with Crippen LogP contribution in [0.15, 0.2) is 40.9 Å². The Morgan fingerprint density at radius 3 is 2.75 bits per heavy atom. The van der Waals surface area contributed by atoms with Crippen LogP contribution in [0.4, 0.5) is 14.5 Å². The van der Waals surface area contributed by atoms with Crippen LogP contribution < -0.4 is 14.4 Å². The molecule has 9 heteroatoms. The second kappa shape index (κ2) is 6.29. The lowest BCUT2D eigenvalue weighted by Gasteiger charge is -2.16. The van der Waals surface area contributed by atoms with Crippen molar-refractivity contribution in [2.75, 3.05) is 18.2 Å². The highest BCUT2D eigenvalue weighted by molar-refractivity contribution is 5.96. The van der Waals surface area contributed by atoms with Crippen molar-refractivity contribution in [2.24, 2.45) is 0 Å². The molecule has 1 unspecified atom stereocenters. The van der Waals surface area contributed by atoms with Gasteiger partial charge in [0.2, 0.25) is 12.7 Å². The van der Waals surface area contributed by atoms with Gasteiger partial charge in [-0.2, -0.15) is 4.98 Å². The highest BCUT2D eigenvalue weighted by atomic mass is 19.2. The fourth-order valence-corrected chi connectivity index (χ4v) is 3.33. The molecule has 3 aromatic rings. The van der Waals surface area contributed by atoms with Crippen molar-refractivity contribution in [2.45, 2.75) is 12.3 Å². The summed E-state index contributed by atoms with van der Waals surface area (Å²) in [6.45, 7) is 0.419. The van der Waals surface area contributed by atoms with Gasteiger partial charge in [-0.3, -0.25) is 4.79 Å². The minimum Gasteiger partial charge on any atom is -0.454 e. The fourth-order valence-electron chi connectivity index (χ4n) is 3.33. The summed E-state index contributed by atoms with van der Waals surface area (Å²) in [6, 6.07) is 8.64. The quantitative estimate of drug-likeness (QED) is 0.689. The van der Waals surface area contributed by atoms with E-state index in [0.717, 1.165) is 12.1 Å². The number of carbonyl (C=O) groups excluding carboxylic acids is 1. The number of aromatic nitrogens is 2. The fraction of sp³-hybridized carbons (Fsp3) is 0.211. The van der Waals surface area contributed by atoms with Crippen LogP contribution in [-0.2, 0) is 4.79 Å². The van der Waals surface area contributed by atoms with Crippen LogP contribution in [0.25, 0.3) is 11.5 Å². The van der Waals surface area contributed by atoms with Crippen molar-refractivity contribution in [3.63, 3.8) is 0 Å². The van der Waals surface area contributed by atoms with Crippen molar-refractivity contribution >= 4 is 11.6 Å². The molecule has 3 heterocycles. The standard InChI is InChI=1S/C19H13F2N3O4/c20-13-3-2-12(7-14(13)21)24-8-11(6-17(24)25)18-22-19(28-23-18)10-1-4-15-16(5-10)27-9-26-15/h1-5,7,11H,6,8-9H2. The Bertz CT molecular complexity index is 1080. The minimum absolute atomic E-state index is 0.152. The number of nitrogens with zero attached hydrogens (tertiary/aromatic N) is 3. The maximum absolute atomic E-state index is 13.5. The number of benzene rings is 2. The molecule has 2 aliphatic rings. The summed E-state index contributed by atoms with van der Waals surface area (Å²) in [7, 11) is 0. The predicted molar refractivity (Wildman–Crippen MR) is 91.9 cm³/mol. The number of anilines is 1. The van der Waals surface area contributed by atoms with E-state index < -0.39 is 11.6 Å². The van der Waals surface area contributed by atoms with Gasteiger partial charge in [0.1, 0.15) is 0 Å².